The Labute approximate surface area is 180 Å². The minimum absolute atomic E-state index is 0.276. The van der Waals surface area contributed by atoms with E-state index < -0.39 is 11.6 Å². The lowest BCUT2D eigenvalue weighted by Gasteiger charge is -2.22. The van der Waals surface area contributed by atoms with Crippen molar-refractivity contribution < 1.29 is 14.3 Å². The van der Waals surface area contributed by atoms with Gasteiger partial charge in [0.05, 0.1) is 12.3 Å². The molecule has 3 aromatic rings. The van der Waals surface area contributed by atoms with Crippen LogP contribution in [-0.4, -0.2) is 50.2 Å². The third-order valence-electron chi connectivity index (χ3n) is 5.30. The van der Waals surface area contributed by atoms with Gasteiger partial charge in [-0.25, -0.2) is 9.48 Å². The molecule has 0 aliphatic carbocycles. The number of urea groups is 1. The quantitative estimate of drug-likeness (QED) is 0.465. The normalized spacial score (nSPS) is 18.4. The van der Waals surface area contributed by atoms with E-state index in [1.165, 1.54) is 15.9 Å². The molecule has 1 N–H and O–H groups in total. The first kappa shape index (κ1) is 20.5. The number of rotatable bonds is 7. The lowest BCUT2D eigenvalue weighted by atomic mass is 9.91. The molecular formula is C22H24N6O3. The summed E-state index contributed by atoms with van der Waals surface area (Å²) in [5, 5.41) is 14.0. The number of hydrogen-bond acceptors (Lipinski definition) is 6. The van der Waals surface area contributed by atoms with Crippen LogP contribution in [0.4, 0.5) is 4.79 Å². The molecule has 1 saturated heterocycles. The van der Waals surface area contributed by atoms with Crippen LogP contribution in [0.5, 0.6) is 5.75 Å². The highest BCUT2D eigenvalue weighted by molar-refractivity contribution is 6.07. The van der Waals surface area contributed by atoms with Crippen molar-refractivity contribution in [2.45, 2.75) is 32.7 Å². The van der Waals surface area contributed by atoms with Crippen molar-refractivity contribution >= 4 is 11.9 Å². The molecule has 4 rings (SSSR count). The van der Waals surface area contributed by atoms with Gasteiger partial charge in [0.2, 0.25) is 0 Å². The number of tetrazole rings is 1. The lowest BCUT2D eigenvalue weighted by Crippen LogP contribution is -2.41. The number of aromatic nitrogens is 4. The zero-order valence-electron chi connectivity index (χ0n) is 17.7. The predicted octanol–water partition coefficient (Wildman–Crippen LogP) is 2.52. The van der Waals surface area contributed by atoms with Gasteiger partial charge in [-0.15, -0.1) is 5.10 Å². The standard InChI is InChI=1S/C22H24N6O3/c1-15-10-16(2)12-19(11-15)31-9-5-8-27-20(29)22(3,24-21(27)30)17-6-4-7-18(13-17)28-14-23-25-26-28/h4,6-7,10-14H,5,8-9H2,1-3H3,(H,24,30). The van der Waals surface area contributed by atoms with Gasteiger partial charge in [0.15, 0.2) is 0 Å². The summed E-state index contributed by atoms with van der Waals surface area (Å²) >= 11 is 0. The number of imide groups is 1. The summed E-state index contributed by atoms with van der Waals surface area (Å²) in [5.41, 5.74) is 2.46. The molecule has 1 fully saturated rings. The van der Waals surface area contributed by atoms with Gasteiger partial charge in [-0.1, -0.05) is 18.2 Å². The summed E-state index contributed by atoms with van der Waals surface area (Å²) in [6.07, 6.45) is 2.01. The number of hydrogen-bond donors (Lipinski definition) is 1. The second-order valence-electron chi connectivity index (χ2n) is 7.84. The molecule has 2 heterocycles. The van der Waals surface area contributed by atoms with Crippen molar-refractivity contribution in [2.24, 2.45) is 0 Å². The van der Waals surface area contributed by atoms with Crippen molar-refractivity contribution in [2.75, 3.05) is 13.2 Å². The summed E-state index contributed by atoms with van der Waals surface area (Å²) in [7, 11) is 0. The Morgan fingerprint density at radius 3 is 2.58 bits per heavy atom. The van der Waals surface area contributed by atoms with Gasteiger partial charge in [0, 0.05) is 6.54 Å². The molecule has 1 unspecified atom stereocenters. The Morgan fingerprint density at radius 2 is 1.87 bits per heavy atom. The number of carbonyl (C=O) groups is 2. The topological polar surface area (TPSA) is 102 Å². The molecule has 2 aromatic carbocycles. The molecule has 0 bridgehead atoms. The van der Waals surface area contributed by atoms with Crippen LogP contribution < -0.4 is 10.1 Å². The first-order valence-corrected chi connectivity index (χ1v) is 10.1. The molecule has 1 aliphatic rings. The monoisotopic (exact) mass is 420 g/mol. The molecular weight excluding hydrogens is 396 g/mol. The fourth-order valence-electron chi connectivity index (χ4n) is 3.76. The number of nitrogens with one attached hydrogen (secondary N) is 1. The lowest BCUT2D eigenvalue weighted by molar-refractivity contribution is -0.131. The van der Waals surface area contributed by atoms with E-state index in [1.807, 2.05) is 32.0 Å². The SMILES string of the molecule is Cc1cc(C)cc(OCCCN2C(=O)NC(C)(c3cccc(-n4cnnn4)c3)C2=O)c1. The van der Waals surface area contributed by atoms with Crippen molar-refractivity contribution in [1.29, 1.82) is 0 Å². The Bertz CT molecular complexity index is 1090. The maximum atomic E-state index is 13.1. The fraction of sp³-hybridized carbons (Fsp3) is 0.318. The summed E-state index contributed by atoms with van der Waals surface area (Å²) < 4.78 is 7.30. The Hall–Kier alpha value is -3.75. The van der Waals surface area contributed by atoms with Crippen molar-refractivity contribution in [3.05, 3.63) is 65.5 Å². The van der Waals surface area contributed by atoms with Gasteiger partial charge in [0.1, 0.15) is 17.6 Å². The van der Waals surface area contributed by atoms with Gasteiger partial charge in [-0.2, -0.15) is 0 Å². The third kappa shape index (κ3) is 4.11. The number of aryl methyl sites for hydroxylation is 2. The third-order valence-corrected chi connectivity index (χ3v) is 5.30. The van der Waals surface area contributed by atoms with E-state index in [-0.39, 0.29) is 12.5 Å². The van der Waals surface area contributed by atoms with E-state index in [1.54, 1.807) is 25.1 Å². The minimum atomic E-state index is -1.16. The number of amides is 3. The van der Waals surface area contributed by atoms with Crippen LogP contribution in [0.1, 0.15) is 30.0 Å². The van der Waals surface area contributed by atoms with Crippen LogP contribution in [0.25, 0.3) is 5.69 Å². The van der Waals surface area contributed by atoms with Gasteiger partial charge in [-0.05, 0) is 78.6 Å². The molecule has 3 amide bonds. The van der Waals surface area contributed by atoms with E-state index in [0.29, 0.717) is 24.3 Å². The maximum absolute atomic E-state index is 13.1. The Kier molecular flexibility index (Phi) is 5.41. The summed E-state index contributed by atoms with van der Waals surface area (Å²) in [5.74, 6) is 0.497. The highest BCUT2D eigenvalue weighted by atomic mass is 16.5. The number of ether oxygens (including phenoxy) is 1. The average molecular weight is 420 g/mol. The molecule has 31 heavy (non-hydrogen) atoms. The van der Waals surface area contributed by atoms with Gasteiger partial charge >= 0.3 is 6.03 Å². The summed E-state index contributed by atoms with van der Waals surface area (Å²) in [6, 6.07) is 12.8. The highest BCUT2D eigenvalue weighted by Crippen LogP contribution is 2.30. The molecule has 1 aromatic heterocycles. The molecule has 1 aliphatic heterocycles. The predicted molar refractivity (Wildman–Crippen MR) is 113 cm³/mol. The molecule has 0 spiro atoms. The molecule has 0 saturated carbocycles. The number of carbonyl (C=O) groups excluding carboxylic acids is 2. The minimum Gasteiger partial charge on any atom is -0.494 e. The van der Waals surface area contributed by atoms with Crippen molar-refractivity contribution in [3.8, 4) is 11.4 Å². The van der Waals surface area contributed by atoms with Crippen LogP contribution in [0.15, 0.2) is 48.8 Å². The van der Waals surface area contributed by atoms with E-state index in [2.05, 4.69) is 26.9 Å². The zero-order valence-corrected chi connectivity index (χ0v) is 17.7. The molecule has 9 heteroatoms. The second kappa shape index (κ2) is 8.17. The largest absolute Gasteiger partial charge is 0.494 e. The van der Waals surface area contributed by atoms with E-state index >= 15 is 0 Å². The van der Waals surface area contributed by atoms with Crippen LogP contribution in [0.3, 0.4) is 0 Å². The Morgan fingerprint density at radius 1 is 1.10 bits per heavy atom. The fourth-order valence-corrected chi connectivity index (χ4v) is 3.76. The van der Waals surface area contributed by atoms with Crippen LogP contribution >= 0.6 is 0 Å². The van der Waals surface area contributed by atoms with E-state index in [4.69, 9.17) is 4.74 Å². The van der Waals surface area contributed by atoms with E-state index in [9.17, 15) is 9.59 Å². The van der Waals surface area contributed by atoms with Crippen LogP contribution in [0.2, 0.25) is 0 Å². The zero-order chi connectivity index (χ0) is 22.0. The first-order chi connectivity index (χ1) is 14.9. The molecule has 160 valence electrons. The van der Waals surface area contributed by atoms with Gasteiger partial charge in [0.25, 0.3) is 5.91 Å². The molecule has 9 nitrogen and oxygen atoms in total. The smallest absolute Gasteiger partial charge is 0.325 e. The van der Waals surface area contributed by atoms with Crippen molar-refractivity contribution in [3.63, 3.8) is 0 Å². The second-order valence-corrected chi connectivity index (χ2v) is 7.84. The number of benzene rings is 2. The summed E-state index contributed by atoms with van der Waals surface area (Å²) in [6.45, 7) is 6.42. The first-order valence-electron chi connectivity index (χ1n) is 10.1. The van der Waals surface area contributed by atoms with Gasteiger partial charge < -0.3 is 10.1 Å². The molecule has 1 atom stereocenters. The van der Waals surface area contributed by atoms with Gasteiger partial charge in [-0.3, -0.25) is 9.69 Å². The Balaban J connectivity index is 1.42. The van der Waals surface area contributed by atoms with Crippen molar-refractivity contribution in [1.82, 2.24) is 30.4 Å². The molecule has 0 radical (unpaired) electrons. The number of nitrogens with zero attached hydrogens (tertiary/aromatic N) is 5. The van der Waals surface area contributed by atoms with Crippen LogP contribution in [0, 0.1) is 13.8 Å². The summed E-state index contributed by atoms with van der Waals surface area (Å²) in [4.78, 5) is 26.9. The average Bonchev–Trinajstić information content (AvgIpc) is 3.34. The van der Waals surface area contributed by atoms with Crippen LogP contribution in [-0.2, 0) is 10.3 Å². The maximum Gasteiger partial charge on any atom is 0.325 e. The highest BCUT2D eigenvalue weighted by Gasteiger charge is 2.48. The van der Waals surface area contributed by atoms with E-state index in [0.717, 1.165) is 16.9 Å².